The minimum atomic E-state index is 0.162. The molecular weight excluding hydrogens is 146 g/mol. The first kappa shape index (κ1) is 7.81. The van der Waals surface area contributed by atoms with Crippen molar-refractivity contribution in [3.8, 4) is 0 Å². The molecule has 2 rings (SSSR count). The molecule has 1 heteroatoms. The number of rotatable bonds is 0. The summed E-state index contributed by atoms with van der Waals surface area (Å²) >= 11 is 0. The summed E-state index contributed by atoms with van der Waals surface area (Å²) in [5.41, 5.74) is 3.12. The fourth-order valence-electron chi connectivity index (χ4n) is 1.90. The molecule has 0 aromatic heterocycles. The van der Waals surface area contributed by atoms with Crippen LogP contribution in [0.4, 0.5) is 0 Å². The quantitative estimate of drug-likeness (QED) is 0.574. The lowest BCUT2D eigenvalue weighted by molar-refractivity contribution is 0.464. The number of fused-ring (bicyclic) bond motifs is 1. The van der Waals surface area contributed by atoms with Crippen molar-refractivity contribution in [1.29, 1.82) is 0 Å². The van der Waals surface area contributed by atoms with Gasteiger partial charge in [0.1, 0.15) is 0 Å². The van der Waals surface area contributed by atoms with Crippen molar-refractivity contribution in [2.75, 3.05) is 6.54 Å². The molecule has 0 saturated carbocycles. The van der Waals surface area contributed by atoms with Gasteiger partial charge in [-0.1, -0.05) is 24.3 Å². The van der Waals surface area contributed by atoms with E-state index in [2.05, 4.69) is 43.5 Å². The van der Waals surface area contributed by atoms with Crippen molar-refractivity contribution in [1.82, 2.24) is 5.32 Å². The van der Waals surface area contributed by atoms with Gasteiger partial charge in [0.15, 0.2) is 0 Å². The lowest BCUT2D eigenvalue weighted by atomic mass is 9.81. The standard InChI is InChI=1S/C11H15N/c1-11(2)10-6-4-3-5-9(10)7-8-12-11/h3-4,6-7,12H,5,8H2,1-2H3. The van der Waals surface area contributed by atoms with Crippen molar-refractivity contribution in [2.24, 2.45) is 0 Å². The number of nitrogens with one attached hydrogen (secondary N) is 1. The Morgan fingerprint density at radius 2 is 2.25 bits per heavy atom. The molecule has 0 bridgehead atoms. The Balaban J connectivity index is 2.43. The van der Waals surface area contributed by atoms with Crippen LogP contribution in [0.15, 0.2) is 35.5 Å². The average Bonchev–Trinajstić information content (AvgIpc) is 2.04. The molecule has 0 saturated heterocycles. The molecular formula is C11H15N. The summed E-state index contributed by atoms with van der Waals surface area (Å²) in [4.78, 5) is 0. The first-order valence-electron chi connectivity index (χ1n) is 4.52. The Bertz CT molecular complexity index is 279. The summed E-state index contributed by atoms with van der Waals surface area (Å²) in [6.45, 7) is 5.49. The fourth-order valence-corrected chi connectivity index (χ4v) is 1.90. The molecule has 0 amide bonds. The van der Waals surface area contributed by atoms with Gasteiger partial charge < -0.3 is 5.32 Å². The summed E-state index contributed by atoms with van der Waals surface area (Å²) in [6.07, 6.45) is 10.00. The van der Waals surface area contributed by atoms with Gasteiger partial charge in [-0.3, -0.25) is 0 Å². The minimum Gasteiger partial charge on any atom is -0.304 e. The van der Waals surface area contributed by atoms with Crippen LogP contribution < -0.4 is 5.32 Å². The Labute approximate surface area is 73.9 Å². The smallest absolute Gasteiger partial charge is 0.0382 e. The second kappa shape index (κ2) is 2.60. The van der Waals surface area contributed by atoms with Gasteiger partial charge in [0.25, 0.3) is 0 Å². The van der Waals surface area contributed by atoms with Crippen LogP contribution in [0.2, 0.25) is 0 Å². The van der Waals surface area contributed by atoms with E-state index in [-0.39, 0.29) is 5.54 Å². The maximum Gasteiger partial charge on any atom is 0.0382 e. The Morgan fingerprint density at radius 1 is 1.42 bits per heavy atom. The highest BCUT2D eigenvalue weighted by atomic mass is 15.0. The van der Waals surface area contributed by atoms with Gasteiger partial charge in [0.2, 0.25) is 0 Å². The molecule has 12 heavy (non-hydrogen) atoms. The highest BCUT2D eigenvalue weighted by molar-refractivity contribution is 5.47. The summed E-state index contributed by atoms with van der Waals surface area (Å²) in [7, 11) is 0. The van der Waals surface area contributed by atoms with E-state index in [1.807, 2.05) is 0 Å². The van der Waals surface area contributed by atoms with Crippen LogP contribution in [0.5, 0.6) is 0 Å². The molecule has 0 spiro atoms. The van der Waals surface area contributed by atoms with E-state index < -0.39 is 0 Å². The van der Waals surface area contributed by atoms with E-state index in [0.717, 1.165) is 13.0 Å². The van der Waals surface area contributed by atoms with Crippen LogP contribution in [-0.4, -0.2) is 12.1 Å². The molecule has 2 aliphatic rings. The molecule has 0 radical (unpaired) electrons. The van der Waals surface area contributed by atoms with Crippen molar-refractivity contribution >= 4 is 0 Å². The second-order valence-corrected chi connectivity index (χ2v) is 3.95. The lowest BCUT2D eigenvalue weighted by Gasteiger charge is -2.35. The molecule has 0 aromatic carbocycles. The largest absolute Gasteiger partial charge is 0.304 e. The third-order valence-corrected chi connectivity index (χ3v) is 2.65. The number of allylic oxidation sites excluding steroid dienone is 3. The predicted octanol–water partition coefficient (Wildman–Crippen LogP) is 2.18. The first-order valence-corrected chi connectivity index (χ1v) is 4.52. The molecule has 0 aromatic rings. The molecule has 0 atom stereocenters. The molecule has 1 N–H and O–H groups in total. The zero-order valence-corrected chi connectivity index (χ0v) is 7.72. The van der Waals surface area contributed by atoms with Crippen molar-refractivity contribution in [3.63, 3.8) is 0 Å². The first-order chi connectivity index (χ1) is 5.70. The Morgan fingerprint density at radius 3 is 3.00 bits per heavy atom. The van der Waals surface area contributed by atoms with Crippen molar-refractivity contribution < 1.29 is 0 Å². The van der Waals surface area contributed by atoms with Gasteiger partial charge in [-0.15, -0.1) is 0 Å². The number of hydrogen-bond donors (Lipinski definition) is 1. The normalized spacial score (nSPS) is 25.8. The maximum atomic E-state index is 3.48. The van der Waals surface area contributed by atoms with Gasteiger partial charge in [0.05, 0.1) is 0 Å². The molecule has 1 nitrogen and oxygen atoms in total. The number of hydrogen-bond acceptors (Lipinski definition) is 1. The zero-order chi connectivity index (χ0) is 8.60. The van der Waals surface area contributed by atoms with Crippen molar-refractivity contribution in [3.05, 3.63) is 35.5 Å². The van der Waals surface area contributed by atoms with E-state index in [0.29, 0.717) is 0 Å². The van der Waals surface area contributed by atoms with Crippen LogP contribution in [0.25, 0.3) is 0 Å². The van der Waals surface area contributed by atoms with Crippen molar-refractivity contribution in [2.45, 2.75) is 25.8 Å². The Kier molecular flexibility index (Phi) is 1.69. The predicted molar refractivity (Wildman–Crippen MR) is 52.0 cm³/mol. The second-order valence-electron chi connectivity index (χ2n) is 3.95. The van der Waals surface area contributed by atoms with Gasteiger partial charge in [-0.05, 0) is 31.4 Å². The van der Waals surface area contributed by atoms with Gasteiger partial charge in [-0.25, -0.2) is 0 Å². The summed E-state index contributed by atoms with van der Waals surface area (Å²) < 4.78 is 0. The van der Waals surface area contributed by atoms with E-state index in [4.69, 9.17) is 0 Å². The third kappa shape index (κ3) is 1.14. The molecule has 1 heterocycles. The van der Waals surface area contributed by atoms with Crippen LogP contribution >= 0.6 is 0 Å². The van der Waals surface area contributed by atoms with Gasteiger partial charge >= 0.3 is 0 Å². The van der Waals surface area contributed by atoms with E-state index in [1.54, 1.807) is 0 Å². The highest BCUT2D eigenvalue weighted by Crippen LogP contribution is 2.31. The van der Waals surface area contributed by atoms with Crippen LogP contribution in [0.1, 0.15) is 20.3 Å². The molecule has 1 aliphatic heterocycles. The van der Waals surface area contributed by atoms with E-state index in [9.17, 15) is 0 Å². The van der Waals surface area contributed by atoms with E-state index >= 15 is 0 Å². The van der Waals surface area contributed by atoms with E-state index in [1.165, 1.54) is 11.1 Å². The zero-order valence-electron chi connectivity index (χ0n) is 7.72. The molecule has 0 unspecified atom stereocenters. The molecule has 1 aliphatic carbocycles. The van der Waals surface area contributed by atoms with Crippen LogP contribution in [0.3, 0.4) is 0 Å². The third-order valence-electron chi connectivity index (χ3n) is 2.65. The monoisotopic (exact) mass is 161 g/mol. The lowest BCUT2D eigenvalue weighted by Crippen LogP contribution is -2.44. The maximum absolute atomic E-state index is 3.48. The molecule has 0 fully saturated rings. The SMILES string of the molecule is CC1(C)NCC=C2CC=CC=C21. The van der Waals surface area contributed by atoms with Crippen LogP contribution in [0, 0.1) is 0 Å². The summed E-state index contributed by atoms with van der Waals surface area (Å²) in [5.74, 6) is 0. The van der Waals surface area contributed by atoms with Gasteiger partial charge in [0, 0.05) is 12.1 Å². The highest BCUT2D eigenvalue weighted by Gasteiger charge is 2.27. The van der Waals surface area contributed by atoms with Gasteiger partial charge in [-0.2, -0.15) is 0 Å². The Hall–Kier alpha value is -0.820. The topological polar surface area (TPSA) is 12.0 Å². The fraction of sp³-hybridized carbons (Fsp3) is 0.455. The summed E-state index contributed by atoms with van der Waals surface area (Å²) in [6, 6.07) is 0. The summed E-state index contributed by atoms with van der Waals surface area (Å²) in [5, 5.41) is 3.48. The van der Waals surface area contributed by atoms with Crippen LogP contribution in [-0.2, 0) is 0 Å². The average molecular weight is 161 g/mol. The minimum absolute atomic E-state index is 0.162. The molecule has 64 valence electrons.